The van der Waals surface area contributed by atoms with E-state index in [2.05, 4.69) is 4.98 Å². The summed E-state index contributed by atoms with van der Waals surface area (Å²) in [4.78, 5) is 14.4. The molecule has 0 saturated carbocycles. The third-order valence-corrected chi connectivity index (χ3v) is 2.16. The van der Waals surface area contributed by atoms with Gasteiger partial charge in [-0.25, -0.2) is 0 Å². The second kappa shape index (κ2) is 3.10. The number of hydrogen-bond donors (Lipinski definition) is 0. The molecule has 0 radical (unpaired) electrons. The summed E-state index contributed by atoms with van der Waals surface area (Å²) in [5.41, 5.74) is 1.68. The summed E-state index contributed by atoms with van der Waals surface area (Å²) in [5, 5.41) is 10.6. The van der Waals surface area contributed by atoms with Gasteiger partial charge in [-0.2, -0.15) is 4.40 Å². The van der Waals surface area contributed by atoms with E-state index < -0.39 is 4.92 Å². The van der Waals surface area contributed by atoms with Crippen molar-refractivity contribution in [3.05, 3.63) is 40.3 Å². The number of hydrogen-bond acceptors (Lipinski definition) is 3. The topological polar surface area (TPSA) is 60.4 Å². The van der Waals surface area contributed by atoms with Crippen molar-refractivity contribution < 1.29 is 4.92 Å². The second-order valence-electron chi connectivity index (χ2n) is 2.93. The van der Waals surface area contributed by atoms with Crippen LogP contribution in [0.4, 0.5) is 5.82 Å². The van der Waals surface area contributed by atoms with E-state index in [1.807, 2.05) is 6.92 Å². The van der Waals surface area contributed by atoms with Crippen LogP contribution in [-0.4, -0.2) is 14.3 Å². The first-order valence-electron chi connectivity index (χ1n) is 4.33. The Hall–Kier alpha value is -1.91. The number of aromatic nitrogens is 2. The van der Waals surface area contributed by atoms with E-state index in [9.17, 15) is 10.1 Å². The van der Waals surface area contributed by atoms with Crippen LogP contribution in [-0.2, 0) is 6.42 Å². The Morgan fingerprint density at radius 3 is 3.00 bits per heavy atom. The maximum atomic E-state index is 10.6. The van der Waals surface area contributed by atoms with Gasteiger partial charge in [-0.3, -0.25) is 4.98 Å². The minimum atomic E-state index is -0.396. The summed E-state index contributed by atoms with van der Waals surface area (Å²) < 4.78 is 1.55. The minimum Gasteiger partial charge on any atom is -0.358 e. The van der Waals surface area contributed by atoms with Gasteiger partial charge in [0.25, 0.3) is 0 Å². The number of fused-ring (bicyclic) bond motifs is 1. The molecule has 2 heterocycles. The molecule has 2 aromatic heterocycles. The molecule has 0 unspecified atom stereocenters. The van der Waals surface area contributed by atoms with Crippen molar-refractivity contribution >= 4 is 11.3 Å². The first kappa shape index (κ1) is 8.68. The fourth-order valence-electron chi connectivity index (χ4n) is 1.51. The fraction of sp³-hybridized carbons (Fsp3) is 0.222. The third kappa shape index (κ3) is 1.14. The van der Waals surface area contributed by atoms with Gasteiger partial charge in [-0.05, 0) is 17.4 Å². The molecule has 0 atom stereocenters. The van der Waals surface area contributed by atoms with E-state index in [-0.39, 0.29) is 5.82 Å². The van der Waals surface area contributed by atoms with E-state index in [1.54, 1.807) is 22.9 Å². The Morgan fingerprint density at radius 1 is 1.57 bits per heavy atom. The zero-order valence-electron chi connectivity index (χ0n) is 7.67. The van der Waals surface area contributed by atoms with Crippen molar-refractivity contribution in [2.45, 2.75) is 13.3 Å². The Kier molecular flexibility index (Phi) is 1.92. The summed E-state index contributed by atoms with van der Waals surface area (Å²) in [6, 6.07) is 3.22. The number of nitrogens with zero attached hydrogens (tertiary/aromatic N) is 3. The van der Waals surface area contributed by atoms with Gasteiger partial charge in [-0.1, -0.05) is 6.92 Å². The van der Waals surface area contributed by atoms with E-state index >= 15 is 0 Å². The Morgan fingerprint density at radius 2 is 2.36 bits per heavy atom. The van der Waals surface area contributed by atoms with Gasteiger partial charge < -0.3 is 10.1 Å². The van der Waals surface area contributed by atoms with E-state index in [0.29, 0.717) is 0 Å². The van der Waals surface area contributed by atoms with Crippen LogP contribution in [0.2, 0.25) is 0 Å². The highest BCUT2D eigenvalue weighted by atomic mass is 16.6. The smallest absolute Gasteiger partial charge is 0.328 e. The van der Waals surface area contributed by atoms with Gasteiger partial charge in [0.2, 0.25) is 0 Å². The molecule has 0 spiro atoms. The fourth-order valence-corrected chi connectivity index (χ4v) is 1.51. The molecule has 14 heavy (non-hydrogen) atoms. The van der Waals surface area contributed by atoms with Crippen LogP contribution < -0.4 is 0 Å². The Bertz CT molecular complexity index is 490. The lowest BCUT2D eigenvalue weighted by Crippen LogP contribution is -1.97. The average molecular weight is 191 g/mol. The normalized spacial score (nSPS) is 10.6. The molecule has 2 rings (SSSR count). The molecule has 0 aliphatic carbocycles. The molecule has 0 amide bonds. The van der Waals surface area contributed by atoms with Gasteiger partial charge in [0.05, 0.1) is 11.9 Å². The SMILES string of the molecule is CCc1nccn2c([N+](=O)[O-])ccc12. The summed E-state index contributed by atoms with van der Waals surface area (Å²) >= 11 is 0. The molecular formula is C9H9N3O2. The lowest BCUT2D eigenvalue weighted by molar-refractivity contribution is -0.390. The molecule has 72 valence electrons. The standard InChI is InChI=1S/C9H9N3O2/c1-2-7-8-3-4-9(12(13)14)11(8)6-5-10-7/h3-6H,2H2,1H3. The molecule has 0 aliphatic rings. The quantitative estimate of drug-likeness (QED) is 0.537. The number of aryl methyl sites for hydroxylation is 1. The van der Waals surface area contributed by atoms with Crippen LogP contribution in [0.5, 0.6) is 0 Å². The molecule has 0 aliphatic heterocycles. The summed E-state index contributed by atoms with van der Waals surface area (Å²) in [7, 11) is 0. The van der Waals surface area contributed by atoms with Gasteiger partial charge in [0.15, 0.2) is 5.52 Å². The maximum absolute atomic E-state index is 10.6. The molecule has 5 heteroatoms. The predicted molar refractivity (Wildman–Crippen MR) is 51.2 cm³/mol. The highest BCUT2D eigenvalue weighted by Crippen LogP contribution is 2.18. The lowest BCUT2D eigenvalue weighted by atomic mass is 10.3. The average Bonchev–Trinajstić information content (AvgIpc) is 2.60. The Balaban J connectivity index is 2.75. The third-order valence-electron chi connectivity index (χ3n) is 2.16. The first-order valence-corrected chi connectivity index (χ1v) is 4.33. The van der Waals surface area contributed by atoms with Crippen LogP contribution in [0.25, 0.3) is 5.52 Å². The van der Waals surface area contributed by atoms with Crippen LogP contribution in [0, 0.1) is 10.1 Å². The van der Waals surface area contributed by atoms with Crippen molar-refractivity contribution in [1.82, 2.24) is 9.38 Å². The largest absolute Gasteiger partial charge is 0.358 e. The van der Waals surface area contributed by atoms with Crippen molar-refractivity contribution in [2.75, 3.05) is 0 Å². The molecule has 0 saturated heterocycles. The summed E-state index contributed by atoms with van der Waals surface area (Å²) in [5.74, 6) is 0.0806. The molecule has 0 aromatic carbocycles. The first-order chi connectivity index (χ1) is 6.74. The minimum absolute atomic E-state index is 0.0806. The molecule has 2 aromatic rings. The van der Waals surface area contributed by atoms with Crippen molar-refractivity contribution in [3.63, 3.8) is 0 Å². The monoisotopic (exact) mass is 191 g/mol. The summed E-state index contributed by atoms with van der Waals surface area (Å²) in [6.45, 7) is 1.97. The van der Waals surface area contributed by atoms with Crippen molar-refractivity contribution in [1.29, 1.82) is 0 Å². The van der Waals surface area contributed by atoms with Gasteiger partial charge >= 0.3 is 5.82 Å². The van der Waals surface area contributed by atoms with E-state index in [4.69, 9.17) is 0 Å². The second-order valence-corrected chi connectivity index (χ2v) is 2.93. The molecule has 0 bridgehead atoms. The molecular weight excluding hydrogens is 182 g/mol. The predicted octanol–water partition coefficient (Wildman–Crippen LogP) is 1.80. The van der Waals surface area contributed by atoms with Crippen molar-refractivity contribution in [3.8, 4) is 0 Å². The highest BCUT2D eigenvalue weighted by molar-refractivity contribution is 5.57. The van der Waals surface area contributed by atoms with Crippen LogP contribution >= 0.6 is 0 Å². The summed E-state index contributed by atoms with van der Waals surface area (Å²) in [6.07, 6.45) is 3.96. The van der Waals surface area contributed by atoms with Crippen LogP contribution in [0.15, 0.2) is 24.5 Å². The number of nitro groups is 1. The molecule has 0 N–H and O–H groups in total. The lowest BCUT2D eigenvalue weighted by Gasteiger charge is -1.97. The molecule has 0 fully saturated rings. The van der Waals surface area contributed by atoms with Gasteiger partial charge in [-0.15, -0.1) is 0 Å². The van der Waals surface area contributed by atoms with E-state index in [1.165, 1.54) is 6.07 Å². The Labute approximate surface area is 80.2 Å². The maximum Gasteiger partial charge on any atom is 0.328 e. The van der Waals surface area contributed by atoms with E-state index in [0.717, 1.165) is 17.6 Å². The molecule has 5 nitrogen and oxygen atoms in total. The highest BCUT2D eigenvalue weighted by Gasteiger charge is 2.13. The van der Waals surface area contributed by atoms with Gasteiger partial charge in [0, 0.05) is 6.07 Å². The van der Waals surface area contributed by atoms with Crippen LogP contribution in [0.3, 0.4) is 0 Å². The number of rotatable bonds is 2. The van der Waals surface area contributed by atoms with Crippen LogP contribution in [0.1, 0.15) is 12.6 Å². The van der Waals surface area contributed by atoms with Gasteiger partial charge in [0.1, 0.15) is 6.20 Å². The zero-order valence-corrected chi connectivity index (χ0v) is 7.67. The van der Waals surface area contributed by atoms with Crippen molar-refractivity contribution in [2.24, 2.45) is 0 Å². The zero-order chi connectivity index (χ0) is 10.1.